The van der Waals surface area contributed by atoms with E-state index in [1.807, 2.05) is 6.07 Å². The Kier molecular flexibility index (Phi) is 4.29. The lowest BCUT2D eigenvalue weighted by Crippen LogP contribution is -1.98. The van der Waals surface area contributed by atoms with Crippen molar-refractivity contribution in [1.29, 1.82) is 0 Å². The molecule has 114 valence electrons. The van der Waals surface area contributed by atoms with Gasteiger partial charge >= 0.3 is 0 Å². The molecule has 4 heteroatoms. The van der Waals surface area contributed by atoms with Crippen LogP contribution in [-0.4, -0.2) is 12.1 Å². The molecule has 0 fully saturated rings. The van der Waals surface area contributed by atoms with Gasteiger partial charge in [0.25, 0.3) is 0 Å². The lowest BCUT2D eigenvalue weighted by Gasteiger charge is -2.11. The van der Waals surface area contributed by atoms with Crippen LogP contribution < -0.4 is 10.1 Å². The Balaban J connectivity index is 1.86. The first-order valence-corrected chi connectivity index (χ1v) is 8.25. The van der Waals surface area contributed by atoms with Crippen LogP contribution >= 0.6 is 11.3 Å². The average Bonchev–Trinajstić information content (AvgIpc) is 2.94. The van der Waals surface area contributed by atoms with Crippen LogP contribution in [0.1, 0.15) is 30.9 Å². The zero-order valence-electron chi connectivity index (χ0n) is 13.1. The summed E-state index contributed by atoms with van der Waals surface area (Å²) in [5, 5.41) is 4.35. The monoisotopic (exact) mass is 312 g/mol. The average molecular weight is 312 g/mol. The Hall–Kier alpha value is -2.07. The number of fused-ring (bicyclic) bond motifs is 1. The minimum absolute atomic E-state index is 0.418. The summed E-state index contributed by atoms with van der Waals surface area (Å²) in [4.78, 5) is 4.70. The molecule has 0 radical (unpaired) electrons. The van der Waals surface area contributed by atoms with Crippen LogP contribution in [0.5, 0.6) is 5.75 Å². The summed E-state index contributed by atoms with van der Waals surface area (Å²) in [7, 11) is 1.72. The topological polar surface area (TPSA) is 34.1 Å². The third-order valence-electron chi connectivity index (χ3n) is 3.65. The fourth-order valence-corrected chi connectivity index (χ4v) is 3.32. The summed E-state index contributed by atoms with van der Waals surface area (Å²) in [5.41, 5.74) is 3.49. The minimum Gasteiger partial charge on any atom is -0.496 e. The number of benzene rings is 2. The standard InChI is InChI=1S/C18H20N2OS/c1-12(2)14-9-15-17(10-16(14)21-3)22-18(20-15)19-11-13-7-5-4-6-8-13/h4-10,12H,11H2,1-3H3,(H,19,20). The van der Waals surface area contributed by atoms with E-state index in [1.165, 1.54) is 11.1 Å². The van der Waals surface area contributed by atoms with Crippen molar-refractivity contribution in [3.05, 3.63) is 53.6 Å². The van der Waals surface area contributed by atoms with Crippen LogP contribution in [0, 0.1) is 0 Å². The van der Waals surface area contributed by atoms with E-state index in [1.54, 1.807) is 18.4 Å². The van der Waals surface area contributed by atoms with E-state index in [0.717, 1.165) is 27.6 Å². The van der Waals surface area contributed by atoms with Crippen LogP contribution in [0.3, 0.4) is 0 Å². The Morgan fingerprint density at radius 3 is 2.64 bits per heavy atom. The van der Waals surface area contributed by atoms with E-state index in [9.17, 15) is 0 Å². The molecule has 3 rings (SSSR count). The highest BCUT2D eigenvalue weighted by Crippen LogP contribution is 2.35. The molecule has 0 aliphatic rings. The molecule has 3 aromatic rings. The molecule has 0 spiro atoms. The summed E-state index contributed by atoms with van der Waals surface area (Å²) in [6.45, 7) is 5.13. The maximum absolute atomic E-state index is 5.51. The molecule has 0 bridgehead atoms. The van der Waals surface area contributed by atoms with E-state index in [4.69, 9.17) is 9.72 Å². The zero-order valence-corrected chi connectivity index (χ0v) is 13.9. The van der Waals surface area contributed by atoms with Gasteiger partial charge in [0.05, 0.1) is 17.3 Å². The number of hydrogen-bond acceptors (Lipinski definition) is 4. The van der Waals surface area contributed by atoms with Gasteiger partial charge in [-0.2, -0.15) is 0 Å². The molecular formula is C18H20N2OS. The third kappa shape index (κ3) is 3.07. The van der Waals surface area contributed by atoms with Crippen molar-refractivity contribution in [3.8, 4) is 5.75 Å². The molecule has 0 unspecified atom stereocenters. The second-order valence-corrected chi connectivity index (χ2v) is 6.61. The second-order valence-electron chi connectivity index (χ2n) is 5.57. The largest absolute Gasteiger partial charge is 0.496 e. The molecule has 3 nitrogen and oxygen atoms in total. The molecule has 0 amide bonds. The molecule has 2 aromatic carbocycles. The second kappa shape index (κ2) is 6.36. The molecule has 0 saturated heterocycles. The fourth-order valence-electron chi connectivity index (χ4n) is 2.45. The first-order chi connectivity index (χ1) is 10.7. The number of nitrogens with zero attached hydrogens (tertiary/aromatic N) is 1. The number of hydrogen-bond donors (Lipinski definition) is 1. The number of thiazole rings is 1. The van der Waals surface area contributed by atoms with Crippen LogP contribution in [-0.2, 0) is 6.54 Å². The van der Waals surface area contributed by atoms with Crippen molar-refractivity contribution in [2.24, 2.45) is 0 Å². The Bertz CT molecular complexity index is 765. The van der Waals surface area contributed by atoms with Crippen LogP contribution in [0.15, 0.2) is 42.5 Å². The highest BCUT2D eigenvalue weighted by Gasteiger charge is 2.12. The fraction of sp³-hybridized carbons (Fsp3) is 0.278. The highest BCUT2D eigenvalue weighted by molar-refractivity contribution is 7.22. The van der Waals surface area contributed by atoms with Crippen molar-refractivity contribution < 1.29 is 4.74 Å². The molecule has 22 heavy (non-hydrogen) atoms. The smallest absolute Gasteiger partial charge is 0.184 e. The SMILES string of the molecule is COc1cc2sc(NCc3ccccc3)nc2cc1C(C)C. The molecule has 1 heterocycles. The van der Waals surface area contributed by atoms with Crippen LogP contribution in [0.25, 0.3) is 10.2 Å². The predicted molar refractivity (Wildman–Crippen MR) is 94.0 cm³/mol. The quantitative estimate of drug-likeness (QED) is 0.716. The summed E-state index contributed by atoms with van der Waals surface area (Å²) in [6, 6.07) is 14.6. The Morgan fingerprint density at radius 1 is 1.18 bits per heavy atom. The number of ether oxygens (including phenoxy) is 1. The van der Waals surface area contributed by atoms with Crippen molar-refractivity contribution in [2.75, 3.05) is 12.4 Å². The van der Waals surface area contributed by atoms with Gasteiger partial charge in [0, 0.05) is 6.54 Å². The van der Waals surface area contributed by atoms with E-state index < -0.39 is 0 Å². The summed E-state index contributed by atoms with van der Waals surface area (Å²) < 4.78 is 6.66. The maximum Gasteiger partial charge on any atom is 0.184 e. The lowest BCUT2D eigenvalue weighted by molar-refractivity contribution is 0.408. The third-order valence-corrected chi connectivity index (χ3v) is 4.62. The van der Waals surface area contributed by atoms with E-state index in [2.05, 4.69) is 55.6 Å². The highest BCUT2D eigenvalue weighted by atomic mass is 32.1. The zero-order chi connectivity index (χ0) is 15.5. The van der Waals surface area contributed by atoms with Crippen molar-refractivity contribution >= 4 is 26.7 Å². The van der Waals surface area contributed by atoms with Gasteiger partial charge in [0.1, 0.15) is 5.75 Å². The number of methoxy groups -OCH3 is 1. The van der Waals surface area contributed by atoms with E-state index in [0.29, 0.717) is 5.92 Å². The van der Waals surface area contributed by atoms with E-state index in [-0.39, 0.29) is 0 Å². The van der Waals surface area contributed by atoms with Gasteiger partial charge in [0.15, 0.2) is 5.13 Å². The number of rotatable bonds is 5. The summed E-state index contributed by atoms with van der Waals surface area (Å²) >= 11 is 1.66. The van der Waals surface area contributed by atoms with Crippen molar-refractivity contribution in [3.63, 3.8) is 0 Å². The first kappa shape index (κ1) is 14.9. The van der Waals surface area contributed by atoms with Gasteiger partial charge in [-0.05, 0) is 29.2 Å². The first-order valence-electron chi connectivity index (χ1n) is 7.43. The van der Waals surface area contributed by atoms with Crippen molar-refractivity contribution in [1.82, 2.24) is 4.98 Å². The van der Waals surface area contributed by atoms with Crippen LogP contribution in [0.2, 0.25) is 0 Å². The predicted octanol–water partition coefficient (Wildman–Crippen LogP) is 5.04. The van der Waals surface area contributed by atoms with Crippen LogP contribution in [0.4, 0.5) is 5.13 Å². The maximum atomic E-state index is 5.51. The minimum atomic E-state index is 0.418. The van der Waals surface area contributed by atoms with Gasteiger partial charge in [-0.1, -0.05) is 55.5 Å². The molecule has 0 saturated carbocycles. The molecule has 0 atom stereocenters. The summed E-state index contributed by atoms with van der Waals surface area (Å²) in [6.07, 6.45) is 0. The van der Waals surface area contributed by atoms with Gasteiger partial charge in [-0.15, -0.1) is 0 Å². The normalized spacial score (nSPS) is 11.1. The number of anilines is 1. The van der Waals surface area contributed by atoms with Gasteiger partial charge in [-0.25, -0.2) is 4.98 Å². The lowest BCUT2D eigenvalue weighted by atomic mass is 10.0. The van der Waals surface area contributed by atoms with Gasteiger partial charge in [0.2, 0.25) is 0 Å². The van der Waals surface area contributed by atoms with Crippen molar-refractivity contribution in [2.45, 2.75) is 26.3 Å². The van der Waals surface area contributed by atoms with Gasteiger partial charge < -0.3 is 10.1 Å². The summed E-state index contributed by atoms with van der Waals surface area (Å²) in [5.74, 6) is 1.36. The molecule has 1 aromatic heterocycles. The van der Waals surface area contributed by atoms with E-state index >= 15 is 0 Å². The van der Waals surface area contributed by atoms with Gasteiger partial charge in [-0.3, -0.25) is 0 Å². The number of nitrogens with one attached hydrogen (secondary N) is 1. The number of aromatic nitrogens is 1. The molecular weight excluding hydrogens is 292 g/mol. The molecule has 0 aliphatic heterocycles. The molecule has 0 aliphatic carbocycles. The Labute approximate surface area is 135 Å². The Morgan fingerprint density at radius 2 is 1.95 bits per heavy atom. The molecule has 1 N–H and O–H groups in total.